The summed E-state index contributed by atoms with van der Waals surface area (Å²) in [6.07, 6.45) is 3.64. The number of allylic oxidation sites excluding steroid dienone is 1. The summed E-state index contributed by atoms with van der Waals surface area (Å²) in [5, 5.41) is 0.454. The molecule has 0 aliphatic heterocycles. The van der Waals surface area contributed by atoms with Crippen LogP contribution in [0.4, 0.5) is 0 Å². The van der Waals surface area contributed by atoms with Crippen LogP contribution in [0, 0.1) is 0 Å². The fourth-order valence-electron chi connectivity index (χ4n) is 0.755. The van der Waals surface area contributed by atoms with Gasteiger partial charge in [-0.15, -0.1) is 0 Å². The molecule has 0 spiro atoms. The van der Waals surface area contributed by atoms with Gasteiger partial charge < -0.3 is 4.74 Å². The Bertz CT molecular complexity index is 310. The Morgan fingerprint density at radius 3 is 3.08 bits per heavy atom. The first-order valence-electron chi connectivity index (χ1n) is 4.08. The van der Waals surface area contributed by atoms with Gasteiger partial charge in [-0.2, -0.15) is 0 Å². The maximum absolute atomic E-state index is 5.69. The molecule has 0 aromatic carbocycles. The summed E-state index contributed by atoms with van der Waals surface area (Å²) in [6, 6.07) is 3.49. The summed E-state index contributed by atoms with van der Waals surface area (Å²) in [6.45, 7) is 4.60. The lowest BCUT2D eigenvalue weighted by Crippen LogP contribution is -1.98. The Labute approximate surface area is 83.2 Å². The summed E-state index contributed by atoms with van der Waals surface area (Å²) in [7, 11) is 0. The summed E-state index contributed by atoms with van der Waals surface area (Å²) >= 11 is 5.69. The number of hydrogen-bond acceptors (Lipinski definition) is 2. The van der Waals surface area contributed by atoms with Gasteiger partial charge in [0.25, 0.3) is 0 Å². The third-order valence-electron chi connectivity index (χ3n) is 1.66. The number of hydrogen-bond donors (Lipinski definition) is 0. The minimum atomic E-state index is 0.454. The largest absolute Gasteiger partial charge is 0.489 e. The number of ether oxygens (including phenoxy) is 1. The zero-order valence-corrected chi connectivity index (χ0v) is 8.51. The highest BCUT2D eigenvalue weighted by atomic mass is 35.5. The third kappa shape index (κ3) is 3.47. The van der Waals surface area contributed by atoms with Crippen LogP contribution in [0.15, 0.2) is 30.0 Å². The third-order valence-corrected chi connectivity index (χ3v) is 1.86. The van der Waals surface area contributed by atoms with E-state index in [-0.39, 0.29) is 0 Å². The standard InChI is InChI=1S/C10H12ClNO/c1-3-8(2)7-13-9-4-5-12-10(11)6-9/h3-6H,7H2,1-2H3. The zero-order valence-electron chi connectivity index (χ0n) is 7.75. The Morgan fingerprint density at radius 1 is 1.69 bits per heavy atom. The van der Waals surface area contributed by atoms with Crippen molar-refractivity contribution in [2.45, 2.75) is 13.8 Å². The van der Waals surface area contributed by atoms with Crippen LogP contribution in [-0.4, -0.2) is 11.6 Å². The highest BCUT2D eigenvalue weighted by Crippen LogP contribution is 2.14. The lowest BCUT2D eigenvalue weighted by Gasteiger charge is -2.05. The second kappa shape index (κ2) is 4.87. The van der Waals surface area contributed by atoms with Gasteiger partial charge in [0.1, 0.15) is 17.5 Å². The maximum Gasteiger partial charge on any atom is 0.132 e. The van der Waals surface area contributed by atoms with Crippen LogP contribution >= 0.6 is 11.6 Å². The van der Waals surface area contributed by atoms with Gasteiger partial charge in [-0.1, -0.05) is 17.7 Å². The van der Waals surface area contributed by atoms with Crippen molar-refractivity contribution in [3.05, 3.63) is 35.1 Å². The predicted octanol–water partition coefficient (Wildman–Crippen LogP) is 3.08. The smallest absolute Gasteiger partial charge is 0.132 e. The molecule has 0 saturated heterocycles. The van der Waals surface area contributed by atoms with Gasteiger partial charge in [-0.3, -0.25) is 0 Å². The van der Waals surface area contributed by atoms with Crippen molar-refractivity contribution in [2.75, 3.05) is 6.61 Å². The Balaban J connectivity index is 2.55. The number of halogens is 1. The Hall–Kier alpha value is -1.02. The normalized spacial score (nSPS) is 11.5. The average molecular weight is 198 g/mol. The van der Waals surface area contributed by atoms with Crippen LogP contribution in [0.5, 0.6) is 5.75 Å². The van der Waals surface area contributed by atoms with Crippen LogP contribution in [0.25, 0.3) is 0 Å². The molecule has 0 unspecified atom stereocenters. The Kier molecular flexibility index (Phi) is 3.77. The van der Waals surface area contributed by atoms with Crippen molar-refractivity contribution in [1.82, 2.24) is 4.98 Å². The lowest BCUT2D eigenvalue weighted by atomic mass is 10.3. The van der Waals surface area contributed by atoms with E-state index in [1.165, 1.54) is 5.57 Å². The van der Waals surface area contributed by atoms with Crippen molar-refractivity contribution in [3.8, 4) is 5.75 Å². The minimum absolute atomic E-state index is 0.454. The van der Waals surface area contributed by atoms with Crippen molar-refractivity contribution < 1.29 is 4.74 Å². The van der Waals surface area contributed by atoms with Crippen LogP contribution in [0.3, 0.4) is 0 Å². The van der Waals surface area contributed by atoms with Crippen molar-refractivity contribution in [2.24, 2.45) is 0 Å². The molecule has 0 N–H and O–H groups in total. The SMILES string of the molecule is CC=C(C)COc1ccnc(Cl)c1. The van der Waals surface area contributed by atoms with Crippen LogP contribution in [0.2, 0.25) is 5.15 Å². The molecule has 0 bridgehead atoms. The molecule has 1 aromatic heterocycles. The molecule has 0 atom stereocenters. The fraction of sp³-hybridized carbons (Fsp3) is 0.300. The quantitative estimate of drug-likeness (QED) is 0.549. The maximum atomic E-state index is 5.69. The van der Waals surface area contributed by atoms with E-state index in [9.17, 15) is 0 Å². The van der Waals surface area contributed by atoms with Crippen molar-refractivity contribution in [3.63, 3.8) is 0 Å². The van der Waals surface area contributed by atoms with E-state index >= 15 is 0 Å². The van der Waals surface area contributed by atoms with Gasteiger partial charge in [0.05, 0.1) is 0 Å². The lowest BCUT2D eigenvalue weighted by molar-refractivity contribution is 0.351. The molecular formula is C10H12ClNO. The van der Waals surface area contributed by atoms with Crippen molar-refractivity contribution in [1.29, 1.82) is 0 Å². The van der Waals surface area contributed by atoms with Gasteiger partial charge in [0.2, 0.25) is 0 Å². The molecule has 0 saturated carbocycles. The molecule has 70 valence electrons. The van der Waals surface area contributed by atoms with E-state index in [1.807, 2.05) is 19.9 Å². The van der Waals surface area contributed by atoms with E-state index in [1.54, 1.807) is 18.3 Å². The molecule has 0 radical (unpaired) electrons. The van der Waals surface area contributed by atoms with Crippen LogP contribution < -0.4 is 4.74 Å². The summed E-state index contributed by atoms with van der Waals surface area (Å²) in [5.74, 6) is 0.751. The summed E-state index contributed by atoms with van der Waals surface area (Å²) in [5.41, 5.74) is 1.19. The van der Waals surface area contributed by atoms with Crippen LogP contribution in [0.1, 0.15) is 13.8 Å². The van der Waals surface area contributed by atoms with Gasteiger partial charge in [-0.25, -0.2) is 4.98 Å². The molecule has 3 heteroatoms. The van der Waals surface area contributed by atoms with Gasteiger partial charge in [0.15, 0.2) is 0 Å². The molecule has 13 heavy (non-hydrogen) atoms. The monoisotopic (exact) mass is 197 g/mol. The van der Waals surface area contributed by atoms with Crippen molar-refractivity contribution >= 4 is 11.6 Å². The van der Waals surface area contributed by atoms with Gasteiger partial charge >= 0.3 is 0 Å². The number of rotatable bonds is 3. The number of aromatic nitrogens is 1. The number of pyridine rings is 1. The fourth-order valence-corrected chi connectivity index (χ4v) is 0.919. The van der Waals surface area contributed by atoms with E-state index in [4.69, 9.17) is 16.3 Å². The topological polar surface area (TPSA) is 22.1 Å². The highest BCUT2D eigenvalue weighted by molar-refractivity contribution is 6.29. The van der Waals surface area contributed by atoms with Crippen LogP contribution in [-0.2, 0) is 0 Å². The van der Waals surface area contributed by atoms with E-state index in [0.29, 0.717) is 11.8 Å². The molecule has 1 aromatic rings. The molecule has 2 nitrogen and oxygen atoms in total. The molecule has 1 heterocycles. The summed E-state index contributed by atoms with van der Waals surface area (Å²) < 4.78 is 5.45. The van der Waals surface area contributed by atoms with Gasteiger partial charge in [0, 0.05) is 12.3 Å². The number of nitrogens with zero attached hydrogens (tertiary/aromatic N) is 1. The van der Waals surface area contributed by atoms with Gasteiger partial charge in [-0.05, 0) is 25.5 Å². The molecule has 0 fully saturated rings. The predicted molar refractivity (Wildman–Crippen MR) is 54.2 cm³/mol. The Morgan fingerprint density at radius 2 is 2.46 bits per heavy atom. The molecule has 0 amide bonds. The first-order valence-corrected chi connectivity index (χ1v) is 4.46. The molecular weight excluding hydrogens is 186 g/mol. The zero-order chi connectivity index (χ0) is 9.68. The summed E-state index contributed by atoms with van der Waals surface area (Å²) in [4.78, 5) is 3.86. The second-order valence-corrected chi connectivity index (χ2v) is 3.13. The van der Waals surface area contributed by atoms with E-state index in [0.717, 1.165) is 5.75 Å². The van der Waals surface area contributed by atoms with E-state index < -0.39 is 0 Å². The van der Waals surface area contributed by atoms with E-state index in [2.05, 4.69) is 4.98 Å². The molecule has 0 aliphatic carbocycles. The first-order chi connectivity index (χ1) is 6.22. The average Bonchev–Trinajstić information content (AvgIpc) is 2.14. The highest BCUT2D eigenvalue weighted by Gasteiger charge is 1.95. The molecule has 0 aliphatic rings. The minimum Gasteiger partial charge on any atom is -0.489 e. The molecule has 1 rings (SSSR count). The second-order valence-electron chi connectivity index (χ2n) is 2.74. The first kappa shape index (κ1) is 10.1.